The van der Waals surface area contributed by atoms with Crippen molar-refractivity contribution in [3.63, 3.8) is 0 Å². The van der Waals surface area contributed by atoms with Gasteiger partial charge >= 0.3 is 5.97 Å². The maximum absolute atomic E-state index is 13.3. The summed E-state index contributed by atoms with van der Waals surface area (Å²) in [5.74, 6) is 0.0176. The van der Waals surface area contributed by atoms with Gasteiger partial charge in [-0.15, -0.1) is 11.3 Å². The summed E-state index contributed by atoms with van der Waals surface area (Å²) in [6, 6.07) is 11.6. The average Bonchev–Trinajstić information content (AvgIpc) is 3.27. The van der Waals surface area contributed by atoms with Gasteiger partial charge in [0.15, 0.2) is 5.78 Å². The first-order valence-electron chi connectivity index (χ1n) is 9.53. The summed E-state index contributed by atoms with van der Waals surface area (Å²) in [6.45, 7) is 1.86. The van der Waals surface area contributed by atoms with Crippen LogP contribution in [0.4, 0.5) is 0 Å². The fraction of sp³-hybridized carbons (Fsp3) is 0.304. The Balaban J connectivity index is 1.83. The molecule has 5 nitrogen and oxygen atoms in total. The fourth-order valence-corrected chi connectivity index (χ4v) is 5.13. The molecular weight excluding hydrogens is 386 g/mol. The largest absolute Gasteiger partial charge is 0.497 e. The Morgan fingerprint density at radius 1 is 1.17 bits per heavy atom. The summed E-state index contributed by atoms with van der Waals surface area (Å²) in [7, 11) is 2.97. The van der Waals surface area contributed by atoms with Crippen LogP contribution in [0.1, 0.15) is 42.0 Å². The average molecular weight is 410 g/mol. The number of hydrogen-bond donors (Lipinski definition) is 1. The minimum Gasteiger partial charge on any atom is -0.497 e. The Morgan fingerprint density at radius 2 is 2.00 bits per heavy atom. The van der Waals surface area contributed by atoms with E-state index >= 15 is 0 Å². The minimum atomic E-state index is -0.467. The topological polar surface area (TPSA) is 64.6 Å². The molecule has 1 aliphatic heterocycles. The molecule has 2 atom stereocenters. The van der Waals surface area contributed by atoms with Gasteiger partial charge in [-0.25, -0.2) is 4.79 Å². The third-order valence-electron chi connectivity index (χ3n) is 5.61. The second-order valence-electron chi connectivity index (χ2n) is 7.30. The molecule has 29 heavy (non-hydrogen) atoms. The van der Waals surface area contributed by atoms with E-state index in [1.165, 1.54) is 12.0 Å². The van der Waals surface area contributed by atoms with E-state index in [1.54, 1.807) is 18.4 Å². The summed E-state index contributed by atoms with van der Waals surface area (Å²) < 4.78 is 10.4. The predicted molar refractivity (Wildman–Crippen MR) is 112 cm³/mol. The van der Waals surface area contributed by atoms with Gasteiger partial charge in [0.25, 0.3) is 0 Å². The number of rotatable bonds is 4. The van der Waals surface area contributed by atoms with Gasteiger partial charge in [0.1, 0.15) is 5.75 Å². The number of benzene rings is 1. The van der Waals surface area contributed by atoms with Gasteiger partial charge < -0.3 is 14.8 Å². The Hall–Kier alpha value is -2.86. The summed E-state index contributed by atoms with van der Waals surface area (Å²) in [4.78, 5) is 27.2. The van der Waals surface area contributed by atoms with E-state index in [1.807, 2.05) is 42.6 Å². The van der Waals surface area contributed by atoms with Crippen LogP contribution in [0.3, 0.4) is 0 Å². The number of hydrogen-bond acceptors (Lipinski definition) is 6. The zero-order valence-corrected chi connectivity index (χ0v) is 17.5. The van der Waals surface area contributed by atoms with Gasteiger partial charge in [0.05, 0.1) is 19.8 Å². The molecule has 1 aromatic heterocycles. The van der Waals surface area contributed by atoms with Crippen molar-refractivity contribution < 1.29 is 19.1 Å². The van der Waals surface area contributed by atoms with Gasteiger partial charge in [-0.1, -0.05) is 18.2 Å². The first kappa shape index (κ1) is 19.5. The van der Waals surface area contributed by atoms with Crippen LogP contribution in [0, 0.1) is 0 Å². The van der Waals surface area contributed by atoms with Crippen molar-refractivity contribution in [2.24, 2.45) is 0 Å². The Labute approximate surface area is 174 Å². The maximum Gasteiger partial charge on any atom is 0.336 e. The van der Waals surface area contributed by atoms with Crippen molar-refractivity contribution in [2.45, 2.75) is 31.6 Å². The Kier molecular flexibility index (Phi) is 5.28. The molecule has 0 spiro atoms. The molecule has 0 radical (unpaired) electrons. The standard InChI is InChI=1S/C23H23NO4S/c1-13-20(23(26)28-3)21(14-6-4-7-16(10-14)27-2)22-17(24-13)11-15(12-18(22)25)19-8-5-9-29-19/h4-10,15,21,24H,11-12H2,1-3H3/t15-,21+/m1/s1. The van der Waals surface area contributed by atoms with E-state index in [9.17, 15) is 9.59 Å². The van der Waals surface area contributed by atoms with Crippen molar-refractivity contribution in [3.05, 3.63) is 74.8 Å². The van der Waals surface area contributed by atoms with Gasteiger partial charge in [-0.05, 0) is 42.5 Å². The minimum absolute atomic E-state index is 0.0684. The molecular formula is C23H23NO4S. The maximum atomic E-state index is 13.3. The number of esters is 1. The normalized spacial score (nSPS) is 21.6. The molecule has 2 aromatic rings. The van der Waals surface area contributed by atoms with Crippen molar-refractivity contribution in [1.29, 1.82) is 0 Å². The van der Waals surface area contributed by atoms with Crippen LogP contribution in [-0.2, 0) is 14.3 Å². The molecule has 0 bridgehead atoms. The van der Waals surface area contributed by atoms with Crippen molar-refractivity contribution in [3.8, 4) is 5.75 Å². The van der Waals surface area contributed by atoms with Crippen LogP contribution < -0.4 is 10.1 Å². The monoisotopic (exact) mass is 409 g/mol. The number of dihydropyridines is 1. The van der Waals surface area contributed by atoms with Crippen LogP contribution >= 0.6 is 11.3 Å². The molecule has 1 aromatic carbocycles. The quantitative estimate of drug-likeness (QED) is 0.763. The molecule has 0 unspecified atom stereocenters. The van der Waals surface area contributed by atoms with Gasteiger partial charge in [-0.3, -0.25) is 4.79 Å². The molecule has 0 saturated carbocycles. The lowest BCUT2D eigenvalue weighted by Crippen LogP contribution is -2.35. The molecule has 4 rings (SSSR count). The highest BCUT2D eigenvalue weighted by atomic mass is 32.1. The Bertz CT molecular complexity index is 1020. The van der Waals surface area contributed by atoms with Crippen LogP contribution in [0.2, 0.25) is 0 Å². The highest BCUT2D eigenvalue weighted by Crippen LogP contribution is 2.46. The molecule has 6 heteroatoms. The number of methoxy groups -OCH3 is 2. The third kappa shape index (κ3) is 3.49. The first-order valence-corrected chi connectivity index (χ1v) is 10.4. The number of allylic oxidation sites excluding steroid dienone is 3. The number of thiophene rings is 1. The van der Waals surface area contributed by atoms with Crippen LogP contribution in [0.25, 0.3) is 0 Å². The summed E-state index contributed by atoms with van der Waals surface area (Å²) in [5, 5.41) is 5.38. The van der Waals surface area contributed by atoms with Gasteiger partial charge in [-0.2, -0.15) is 0 Å². The summed E-state index contributed by atoms with van der Waals surface area (Å²) in [5.41, 5.74) is 3.61. The van der Waals surface area contributed by atoms with Gasteiger partial charge in [0.2, 0.25) is 0 Å². The van der Waals surface area contributed by atoms with E-state index in [0.29, 0.717) is 23.3 Å². The molecule has 2 heterocycles. The zero-order valence-electron chi connectivity index (χ0n) is 16.7. The number of carbonyl (C=O) groups excluding carboxylic acids is 2. The van der Waals surface area contributed by atoms with Crippen LogP contribution in [-0.4, -0.2) is 26.0 Å². The molecule has 2 aliphatic rings. The van der Waals surface area contributed by atoms with E-state index in [-0.39, 0.29) is 11.7 Å². The second-order valence-corrected chi connectivity index (χ2v) is 8.28. The zero-order chi connectivity index (χ0) is 20.5. The number of ketones is 1. The van der Waals surface area contributed by atoms with Crippen LogP contribution in [0.15, 0.2) is 64.3 Å². The van der Waals surface area contributed by atoms with Gasteiger partial charge in [0, 0.05) is 40.1 Å². The lowest BCUT2D eigenvalue weighted by atomic mass is 9.72. The SMILES string of the molecule is COC(=O)C1=C(C)NC2=C(C(=O)C[C@H](c3cccs3)C2)[C@H]1c1cccc(OC)c1. The van der Waals surface area contributed by atoms with Crippen molar-refractivity contribution >= 4 is 23.1 Å². The summed E-state index contributed by atoms with van der Waals surface area (Å²) in [6.07, 6.45) is 1.18. The predicted octanol–water partition coefficient (Wildman–Crippen LogP) is 4.29. The lowest BCUT2D eigenvalue weighted by Gasteiger charge is -2.36. The van der Waals surface area contributed by atoms with E-state index < -0.39 is 11.9 Å². The van der Waals surface area contributed by atoms with Crippen molar-refractivity contribution in [1.82, 2.24) is 5.32 Å². The first-order chi connectivity index (χ1) is 14.0. The highest BCUT2D eigenvalue weighted by Gasteiger charge is 2.41. The molecule has 0 amide bonds. The summed E-state index contributed by atoms with van der Waals surface area (Å²) >= 11 is 1.68. The Morgan fingerprint density at radius 3 is 2.69 bits per heavy atom. The number of ether oxygens (including phenoxy) is 2. The number of Topliss-reactive ketones (excluding diaryl/α,β-unsaturated/α-hetero) is 1. The van der Waals surface area contributed by atoms with E-state index in [4.69, 9.17) is 9.47 Å². The molecule has 0 saturated heterocycles. The third-order valence-corrected chi connectivity index (χ3v) is 6.64. The molecule has 150 valence electrons. The van der Waals surface area contributed by atoms with E-state index in [2.05, 4.69) is 11.4 Å². The highest BCUT2D eigenvalue weighted by molar-refractivity contribution is 7.10. The smallest absolute Gasteiger partial charge is 0.336 e. The number of nitrogens with one attached hydrogen (secondary N) is 1. The molecule has 1 aliphatic carbocycles. The fourth-order valence-electron chi connectivity index (χ4n) is 4.30. The van der Waals surface area contributed by atoms with E-state index in [0.717, 1.165) is 23.4 Å². The molecule has 0 fully saturated rings. The number of carbonyl (C=O) groups is 2. The lowest BCUT2D eigenvalue weighted by molar-refractivity contribution is -0.136. The second kappa shape index (κ2) is 7.87. The van der Waals surface area contributed by atoms with Crippen LogP contribution in [0.5, 0.6) is 5.75 Å². The van der Waals surface area contributed by atoms with Crippen molar-refractivity contribution in [2.75, 3.05) is 14.2 Å². The molecule has 1 N–H and O–H groups in total.